The van der Waals surface area contributed by atoms with Gasteiger partial charge in [0.2, 0.25) is 5.91 Å². The third-order valence-electron chi connectivity index (χ3n) is 11.9. The molecule has 4 aliphatic carbocycles. The standard InChI is InChI=1S/C29H39N3O2/c1-30-11-2-3-24(30)27(34)32-17-20-15-28-9-8-23(32)26(20)29(28)10-12-31(16-18-4-5-18)25(28)13-19-6-7-21(33)14-22(19)29/h6-7,14,18,20,23-26,33H,2-5,8-13,15-17H2,1H3/t20-,23?,24-,25?,26?,28?,29?/m1/s1. The Labute approximate surface area is 203 Å². The number of fused-ring (bicyclic) bond motifs is 1. The maximum absolute atomic E-state index is 13.8. The summed E-state index contributed by atoms with van der Waals surface area (Å²) in [7, 11) is 2.14. The highest BCUT2D eigenvalue weighted by molar-refractivity contribution is 5.83. The van der Waals surface area contributed by atoms with Crippen LogP contribution in [0.3, 0.4) is 0 Å². The summed E-state index contributed by atoms with van der Waals surface area (Å²) in [5.41, 5.74) is 3.44. The minimum absolute atomic E-state index is 0.0961. The number of aromatic hydroxyl groups is 1. The minimum Gasteiger partial charge on any atom is -0.508 e. The zero-order chi connectivity index (χ0) is 22.8. The summed E-state index contributed by atoms with van der Waals surface area (Å²) in [5, 5.41) is 10.6. The van der Waals surface area contributed by atoms with Gasteiger partial charge in [-0.1, -0.05) is 6.07 Å². The lowest BCUT2D eigenvalue weighted by molar-refractivity contribution is -0.143. The number of rotatable bonds is 3. The van der Waals surface area contributed by atoms with Gasteiger partial charge < -0.3 is 10.0 Å². The van der Waals surface area contributed by atoms with E-state index in [0.717, 1.165) is 38.3 Å². The van der Waals surface area contributed by atoms with Crippen LogP contribution in [0.4, 0.5) is 0 Å². The number of carbonyl (C=O) groups is 1. The van der Waals surface area contributed by atoms with Gasteiger partial charge in [0.05, 0.1) is 6.04 Å². The molecule has 34 heavy (non-hydrogen) atoms. The topological polar surface area (TPSA) is 47.0 Å². The molecule has 3 aliphatic heterocycles. The van der Waals surface area contributed by atoms with Crippen molar-refractivity contribution in [2.45, 2.75) is 81.3 Å². The third-order valence-corrected chi connectivity index (χ3v) is 11.9. The van der Waals surface area contributed by atoms with E-state index in [1.54, 1.807) is 0 Å². The largest absolute Gasteiger partial charge is 0.508 e. The number of carbonyl (C=O) groups excluding carboxylic acids is 1. The fourth-order valence-corrected chi connectivity index (χ4v) is 10.6. The number of likely N-dealkylation sites (N-methyl/N-ethyl adjacent to an activating group) is 1. The molecule has 1 amide bonds. The second-order valence-corrected chi connectivity index (χ2v) is 13.1. The first-order chi connectivity index (χ1) is 16.5. The van der Waals surface area contributed by atoms with Crippen molar-refractivity contribution in [3.63, 3.8) is 0 Å². The van der Waals surface area contributed by atoms with Crippen molar-refractivity contribution < 1.29 is 9.90 Å². The van der Waals surface area contributed by atoms with E-state index in [1.165, 1.54) is 62.7 Å². The van der Waals surface area contributed by atoms with E-state index in [9.17, 15) is 9.90 Å². The van der Waals surface area contributed by atoms with E-state index in [4.69, 9.17) is 0 Å². The van der Waals surface area contributed by atoms with Crippen LogP contribution in [0.2, 0.25) is 0 Å². The molecule has 5 heteroatoms. The molecule has 7 atom stereocenters. The number of nitrogens with zero attached hydrogens (tertiary/aromatic N) is 3. The molecule has 0 radical (unpaired) electrons. The van der Waals surface area contributed by atoms with Crippen LogP contribution in [0.5, 0.6) is 5.75 Å². The van der Waals surface area contributed by atoms with E-state index in [0.29, 0.717) is 41.0 Å². The summed E-state index contributed by atoms with van der Waals surface area (Å²) in [6, 6.07) is 7.44. The van der Waals surface area contributed by atoms with Gasteiger partial charge in [-0.05, 0) is 124 Å². The summed E-state index contributed by atoms with van der Waals surface area (Å²) in [5.74, 6) is 2.97. The second-order valence-electron chi connectivity index (χ2n) is 13.1. The van der Waals surface area contributed by atoms with Crippen molar-refractivity contribution in [3.05, 3.63) is 29.3 Å². The normalized spacial score (nSPS) is 44.9. The summed E-state index contributed by atoms with van der Waals surface area (Å²) in [6.45, 7) is 4.53. The third kappa shape index (κ3) is 2.41. The van der Waals surface area contributed by atoms with Crippen LogP contribution >= 0.6 is 0 Å². The smallest absolute Gasteiger partial charge is 0.240 e. The molecular weight excluding hydrogens is 422 g/mol. The Hall–Kier alpha value is -1.59. The molecule has 7 aliphatic rings. The van der Waals surface area contributed by atoms with Crippen molar-refractivity contribution >= 4 is 5.91 Å². The number of benzene rings is 1. The van der Waals surface area contributed by atoms with Crippen LogP contribution in [0.15, 0.2) is 18.2 Å². The molecule has 1 aromatic carbocycles. The maximum Gasteiger partial charge on any atom is 0.240 e. The highest BCUT2D eigenvalue weighted by Gasteiger charge is 2.76. The monoisotopic (exact) mass is 461 g/mol. The molecule has 4 bridgehead atoms. The molecule has 3 heterocycles. The van der Waals surface area contributed by atoms with Gasteiger partial charge in [-0.25, -0.2) is 0 Å². The Morgan fingerprint density at radius 3 is 2.82 bits per heavy atom. The quantitative estimate of drug-likeness (QED) is 0.750. The number of phenolic OH excluding ortho intramolecular Hbond substituents is 1. The van der Waals surface area contributed by atoms with Gasteiger partial charge in [-0.3, -0.25) is 14.6 Å². The molecule has 0 aromatic heterocycles. The molecule has 5 unspecified atom stereocenters. The van der Waals surface area contributed by atoms with Crippen molar-refractivity contribution in [3.8, 4) is 5.75 Å². The van der Waals surface area contributed by atoms with Crippen molar-refractivity contribution in [1.82, 2.24) is 14.7 Å². The molecule has 5 nitrogen and oxygen atoms in total. The van der Waals surface area contributed by atoms with E-state index >= 15 is 0 Å². The molecule has 1 aromatic rings. The first kappa shape index (κ1) is 20.6. The first-order valence-electron chi connectivity index (χ1n) is 14.1. The Morgan fingerprint density at radius 2 is 2.03 bits per heavy atom. The van der Waals surface area contributed by atoms with Crippen molar-refractivity contribution in [2.75, 3.05) is 33.2 Å². The summed E-state index contributed by atoms with van der Waals surface area (Å²) >= 11 is 0. The lowest BCUT2D eigenvalue weighted by Gasteiger charge is -2.66. The summed E-state index contributed by atoms with van der Waals surface area (Å²) in [4.78, 5) is 21.4. The van der Waals surface area contributed by atoms with Crippen molar-refractivity contribution in [2.24, 2.45) is 23.2 Å². The van der Waals surface area contributed by atoms with Crippen LogP contribution in [0.1, 0.15) is 62.5 Å². The second kappa shape index (κ2) is 6.79. The fraction of sp³-hybridized carbons (Fsp3) is 0.759. The number of amides is 1. The molecule has 3 saturated heterocycles. The Morgan fingerprint density at radius 1 is 1.15 bits per heavy atom. The zero-order valence-corrected chi connectivity index (χ0v) is 20.6. The maximum atomic E-state index is 13.8. The van der Waals surface area contributed by atoms with E-state index in [2.05, 4.69) is 33.9 Å². The fourth-order valence-electron chi connectivity index (χ4n) is 10.6. The van der Waals surface area contributed by atoms with E-state index in [-0.39, 0.29) is 11.5 Å². The molecule has 0 spiro atoms. The van der Waals surface area contributed by atoms with E-state index < -0.39 is 0 Å². The molecule has 8 rings (SSSR count). The number of hydrogen-bond donors (Lipinski definition) is 1. The Balaban J connectivity index is 1.23. The SMILES string of the molecule is CN1CCC[C@@H]1C(=O)N1C[C@H]2CC34CCC1C2C31CCN(CC2CC2)C4Cc2ccc(O)cc21. The zero-order valence-electron chi connectivity index (χ0n) is 20.6. The Kier molecular flexibility index (Phi) is 4.11. The van der Waals surface area contributed by atoms with Gasteiger partial charge in [-0.2, -0.15) is 0 Å². The molecule has 1 N–H and O–H groups in total. The van der Waals surface area contributed by atoms with Crippen molar-refractivity contribution in [1.29, 1.82) is 0 Å². The Bertz CT molecular complexity index is 1050. The van der Waals surface area contributed by atoms with Gasteiger partial charge in [0.15, 0.2) is 0 Å². The summed E-state index contributed by atoms with van der Waals surface area (Å²) in [6.07, 6.45) is 11.1. The minimum atomic E-state index is 0.0961. The molecule has 182 valence electrons. The van der Waals surface area contributed by atoms with Gasteiger partial charge >= 0.3 is 0 Å². The average Bonchev–Trinajstić information content (AvgIpc) is 3.33. The van der Waals surface area contributed by atoms with Gasteiger partial charge in [0, 0.05) is 30.6 Å². The first-order valence-corrected chi connectivity index (χ1v) is 14.1. The highest BCUT2D eigenvalue weighted by atomic mass is 16.3. The van der Waals surface area contributed by atoms with E-state index in [1.807, 2.05) is 6.07 Å². The van der Waals surface area contributed by atoms with Gasteiger partial charge in [-0.15, -0.1) is 0 Å². The number of likely N-dealkylation sites (tertiary alicyclic amines) is 3. The van der Waals surface area contributed by atoms with Gasteiger partial charge in [0.25, 0.3) is 0 Å². The van der Waals surface area contributed by atoms with Crippen LogP contribution in [0, 0.1) is 23.2 Å². The van der Waals surface area contributed by atoms with Crippen LogP contribution in [0.25, 0.3) is 0 Å². The predicted molar refractivity (Wildman–Crippen MR) is 131 cm³/mol. The number of hydrogen-bond acceptors (Lipinski definition) is 4. The lowest BCUT2D eigenvalue weighted by Crippen LogP contribution is -2.70. The lowest BCUT2D eigenvalue weighted by atomic mass is 9.43. The summed E-state index contributed by atoms with van der Waals surface area (Å²) < 4.78 is 0. The average molecular weight is 462 g/mol. The van der Waals surface area contributed by atoms with Crippen LogP contribution in [-0.2, 0) is 16.6 Å². The highest BCUT2D eigenvalue weighted by Crippen LogP contribution is 2.75. The number of piperidine rings is 1. The molecule has 3 saturated carbocycles. The molecule has 6 fully saturated rings. The van der Waals surface area contributed by atoms with Gasteiger partial charge in [0.1, 0.15) is 5.75 Å². The number of phenols is 1. The predicted octanol–water partition coefficient (Wildman–Crippen LogP) is 3.39. The molecular formula is C29H39N3O2. The van der Waals surface area contributed by atoms with Crippen LogP contribution < -0.4 is 0 Å². The van der Waals surface area contributed by atoms with Crippen LogP contribution in [-0.4, -0.2) is 77.1 Å².